The van der Waals surface area contributed by atoms with Gasteiger partial charge >= 0.3 is 0 Å². The molecule has 1 atom stereocenters. The molecule has 92 valence electrons. The number of nitrogens with zero attached hydrogens (tertiary/aromatic N) is 1. The van der Waals surface area contributed by atoms with Crippen molar-refractivity contribution in [3.8, 4) is 0 Å². The molecular formula is C10H25N3O2. The monoisotopic (exact) mass is 219 g/mol. The van der Waals surface area contributed by atoms with Crippen LogP contribution < -0.4 is 11.1 Å². The van der Waals surface area contributed by atoms with Crippen LogP contribution in [0.15, 0.2) is 0 Å². The predicted octanol–water partition coefficient (Wildman–Crippen LogP) is -0.526. The minimum Gasteiger partial charge on any atom is -0.354 e. The standard InChI is InChI=1S/C10H25N3O2/c1-10(8-11,9(14-4)15-5)12-6-7-13(2)3/h9,12H,6-8,11H2,1-5H3. The molecule has 0 saturated carbocycles. The highest BCUT2D eigenvalue weighted by molar-refractivity contribution is 4.88. The van der Waals surface area contributed by atoms with E-state index in [1.54, 1.807) is 14.2 Å². The van der Waals surface area contributed by atoms with Crippen LogP contribution in [0.4, 0.5) is 0 Å². The fourth-order valence-electron chi connectivity index (χ4n) is 1.43. The maximum Gasteiger partial charge on any atom is 0.175 e. The topological polar surface area (TPSA) is 59.8 Å². The highest BCUT2D eigenvalue weighted by atomic mass is 16.7. The van der Waals surface area contributed by atoms with Crippen molar-refractivity contribution in [2.24, 2.45) is 5.73 Å². The first-order valence-electron chi connectivity index (χ1n) is 5.15. The minimum absolute atomic E-state index is 0.329. The highest BCUT2D eigenvalue weighted by Crippen LogP contribution is 2.12. The summed E-state index contributed by atoms with van der Waals surface area (Å²) in [6.07, 6.45) is -0.329. The SMILES string of the molecule is COC(OC)C(C)(CN)NCCN(C)C. The van der Waals surface area contributed by atoms with E-state index >= 15 is 0 Å². The second-order valence-electron chi connectivity index (χ2n) is 4.15. The number of hydrogen-bond donors (Lipinski definition) is 2. The molecule has 0 aliphatic carbocycles. The largest absolute Gasteiger partial charge is 0.354 e. The molecule has 0 fully saturated rings. The highest BCUT2D eigenvalue weighted by Gasteiger charge is 2.32. The maximum atomic E-state index is 5.74. The lowest BCUT2D eigenvalue weighted by molar-refractivity contribution is -0.149. The average molecular weight is 219 g/mol. The van der Waals surface area contributed by atoms with Gasteiger partial charge in [0.2, 0.25) is 0 Å². The van der Waals surface area contributed by atoms with Crippen LogP contribution in [0.25, 0.3) is 0 Å². The summed E-state index contributed by atoms with van der Waals surface area (Å²) < 4.78 is 10.5. The molecule has 1 unspecified atom stereocenters. The molecule has 0 aromatic heterocycles. The van der Waals surface area contributed by atoms with Gasteiger partial charge in [-0.15, -0.1) is 0 Å². The average Bonchev–Trinajstić information content (AvgIpc) is 2.19. The van der Waals surface area contributed by atoms with Gasteiger partial charge in [0.05, 0.1) is 5.54 Å². The van der Waals surface area contributed by atoms with Crippen molar-refractivity contribution >= 4 is 0 Å². The fraction of sp³-hybridized carbons (Fsp3) is 1.00. The van der Waals surface area contributed by atoms with Gasteiger partial charge in [-0.25, -0.2) is 0 Å². The Morgan fingerprint density at radius 3 is 2.20 bits per heavy atom. The summed E-state index contributed by atoms with van der Waals surface area (Å²) in [6.45, 7) is 4.27. The van der Waals surface area contributed by atoms with E-state index in [9.17, 15) is 0 Å². The first kappa shape index (κ1) is 14.8. The molecule has 0 aliphatic heterocycles. The Hall–Kier alpha value is -0.200. The first-order chi connectivity index (χ1) is 7.00. The Balaban J connectivity index is 4.16. The van der Waals surface area contributed by atoms with E-state index in [0.29, 0.717) is 6.54 Å². The molecule has 0 saturated heterocycles. The van der Waals surface area contributed by atoms with Crippen molar-refractivity contribution in [2.45, 2.75) is 18.8 Å². The van der Waals surface area contributed by atoms with Gasteiger partial charge in [-0.1, -0.05) is 0 Å². The van der Waals surface area contributed by atoms with Gasteiger partial charge in [0, 0.05) is 33.9 Å². The number of methoxy groups -OCH3 is 2. The van der Waals surface area contributed by atoms with Gasteiger partial charge < -0.3 is 25.4 Å². The fourth-order valence-corrected chi connectivity index (χ4v) is 1.43. The van der Waals surface area contributed by atoms with Crippen molar-refractivity contribution in [1.29, 1.82) is 0 Å². The summed E-state index contributed by atoms with van der Waals surface area (Å²) in [7, 11) is 7.31. The molecule has 0 aliphatic rings. The number of nitrogens with one attached hydrogen (secondary N) is 1. The summed E-state index contributed by atoms with van der Waals surface area (Å²) in [5, 5.41) is 3.36. The van der Waals surface area contributed by atoms with Crippen LogP contribution in [0.5, 0.6) is 0 Å². The number of hydrogen-bond acceptors (Lipinski definition) is 5. The number of ether oxygens (including phenoxy) is 2. The van der Waals surface area contributed by atoms with Gasteiger partial charge in [-0.05, 0) is 21.0 Å². The van der Waals surface area contributed by atoms with Crippen molar-refractivity contribution in [3.63, 3.8) is 0 Å². The Morgan fingerprint density at radius 2 is 1.87 bits per heavy atom. The van der Waals surface area contributed by atoms with Gasteiger partial charge in [0.25, 0.3) is 0 Å². The lowest BCUT2D eigenvalue weighted by Gasteiger charge is -2.35. The summed E-state index contributed by atoms with van der Waals surface area (Å²) in [5.41, 5.74) is 5.39. The Labute approximate surface area is 92.9 Å². The molecule has 0 heterocycles. The number of rotatable bonds is 8. The smallest absolute Gasteiger partial charge is 0.175 e. The third-order valence-corrected chi connectivity index (χ3v) is 2.46. The second kappa shape index (κ2) is 7.14. The van der Waals surface area contributed by atoms with Crippen LogP contribution in [-0.4, -0.2) is 64.7 Å². The Morgan fingerprint density at radius 1 is 1.33 bits per heavy atom. The molecule has 5 nitrogen and oxygen atoms in total. The van der Waals surface area contributed by atoms with Gasteiger partial charge in [0.15, 0.2) is 6.29 Å². The van der Waals surface area contributed by atoms with Crippen LogP contribution in [0.2, 0.25) is 0 Å². The van der Waals surface area contributed by atoms with E-state index in [4.69, 9.17) is 15.2 Å². The zero-order valence-electron chi connectivity index (χ0n) is 10.5. The van der Waals surface area contributed by atoms with Crippen molar-refractivity contribution in [2.75, 3.05) is 47.9 Å². The summed E-state index contributed by atoms with van der Waals surface area (Å²) in [4.78, 5) is 2.11. The molecule has 0 radical (unpaired) electrons. The van der Waals surface area contributed by atoms with Crippen molar-refractivity contribution < 1.29 is 9.47 Å². The van der Waals surface area contributed by atoms with Gasteiger partial charge in [-0.2, -0.15) is 0 Å². The molecule has 0 aromatic rings. The molecule has 5 heteroatoms. The zero-order chi connectivity index (χ0) is 11.9. The Kier molecular flexibility index (Phi) is 7.04. The van der Waals surface area contributed by atoms with Gasteiger partial charge in [0.1, 0.15) is 0 Å². The minimum atomic E-state index is -0.348. The second-order valence-corrected chi connectivity index (χ2v) is 4.15. The molecule has 0 bridgehead atoms. The van der Waals surface area contributed by atoms with E-state index in [-0.39, 0.29) is 11.8 Å². The molecular weight excluding hydrogens is 194 g/mol. The van der Waals surface area contributed by atoms with Crippen LogP contribution >= 0.6 is 0 Å². The van der Waals surface area contributed by atoms with Crippen molar-refractivity contribution in [3.05, 3.63) is 0 Å². The predicted molar refractivity (Wildman–Crippen MR) is 61.8 cm³/mol. The molecule has 0 amide bonds. The van der Waals surface area contributed by atoms with E-state index in [1.807, 2.05) is 21.0 Å². The number of nitrogens with two attached hydrogens (primary N) is 1. The van der Waals surface area contributed by atoms with Gasteiger partial charge in [-0.3, -0.25) is 0 Å². The summed E-state index contributed by atoms with van der Waals surface area (Å²) in [5.74, 6) is 0. The summed E-state index contributed by atoms with van der Waals surface area (Å²) in [6, 6.07) is 0. The molecule has 0 spiro atoms. The Bertz CT molecular complexity index is 163. The molecule has 0 aromatic carbocycles. The lowest BCUT2D eigenvalue weighted by atomic mass is 10.0. The normalized spacial score (nSPS) is 16.0. The van der Waals surface area contributed by atoms with E-state index < -0.39 is 0 Å². The maximum absolute atomic E-state index is 5.74. The van der Waals surface area contributed by atoms with Crippen LogP contribution in [-0.2, 0) is 9.47 Å². The van der Waals surface area contributed by atoms with Crippen LogP contribution in [0.3, 0.4) is 0 Å². The van der Waals surface area contributed by atoms with E-state index in [1.165, 1.54) is 0 Å². The third-order valence-electron chi connectivity index (χ3n) is 2.46. The molecule has 15 heavy (non-hydrogen) atoms. The third kappa shape index (κ3) is 4.90. The quantitative estimate of drug-likeness (QED) is 0.538. The van der Waals surface area contributed by atoms with E-state index in [0.717, 1.165) is 13.1 Å². The zero-order valence-corrected chi connectivity index (χ0v) is 10.5. The number of likely N-dealkylation sites (N-methyl/N-ethyl adjacent to an activating group) is 1. The first-order valence-corrected chi connectivity index (χ1v) is 5.15. The van der Waals surface area contributed by atoms with Crippen molar-refractivity contribution in [1.82, 2.24) is 10.2 Å². The molecule has 3 N–H and O–H groups in total. The van der Waals surface area contributed by atoms with E-state index in [2.05, 4.69) is 10.2 Å². The lowest BCUT2D eigenvalue weighted by Crippen LogP contribution is -2.59. The molecule has 0 rings (SSSR count). The van der Waals surface area contributed by atoms with Crippen LogP contribution in [0, 0.1) is 0 Å². The summed E-state index contributed by atoms with van der Waals surface area (Å²) >= 11 is 0. The van der Waals surface area contributed by atoms with Crippen LogP contribution in [0.1, 0.15) is 6.92 Å².